The van der Waals surface area contributed by atoms with E-state index in [-0.39, 0.29) is 11.7 Å². The molecule has 2 aromatic carbocycles. The van der Waals surface area contributed by atoms with Gasteiger partial charge in [-0.2, -0.15) is 0 Å². The summed E-state index contributed by atoms with van der Waals surface area (Å²) in [6, 6.07) is 10.2. The van der Waals surface area contributed by atoms with E-state index < -0.39 is 0 Å². The molecular weight excluding hydrogens is 347 g/mol. The van der Waals surface area contributed by atoms with E-state index in [4.69, 9.17) is 0 Å². The lowest BCUT2D eigenvalue weighted by atomic mass is 9.99. The lowest BCUT2D eigenvalue weighted by Gasteiger charge is -2.07. The fourth-order valence-corrected chi connectivity index (χ4v) is 3.30. The number of hydrogen-bond donors (Lipinski definition) is 1. The highest BCUT2D eigenvalue weighted by atomic mass is 32.1. The molecule has 0 atom stereocenters. The van der Waals surface area contributed by atoms with Crippen molar-refractivity contribution in [3.63, 3.8) is 0 Å². The Morgan fingerprint density at radius 1 is 1.08 bits per heavy atom. The van der Waals surface area contributed by atoms with Crippen molar-refractivity contribution in [2.75, 3.05) is 5.32 Å². The molecular formula is C21H19FN2OS. The minimum absolute atomic E-state index is 0.271. The van der Waals surface area contributed by atoms with Crippen LogP contribution in [0.4, 0.5) is 9.52 Å². The molecule has 3 rings (SSSR count). The Bertz CT molecular complexity index is 974. The molecule has 0 saturated heterocycles. The van der Waals surface area contributed by atoms with Crippen molar-refractivity contribution in [3.05, 3.63) is 75.9 Å². The average molecular weight is 366 g/mol. The van der Waals surface area contributed by atoms with E-state index in [1.54, 1.807) is 18.2 Å². The van der Waals surface area contributed by atoms with Crippen LogP contribution in [-0.4, -0.2) is 10.9 Å². The van der Waals surface area contributed by atoms with Crippen molar-refractivity contribution in [3.8, 4) is 11.3 Å². The SMILES string of the molecule is Cc1cc(C)c(-c2csc(NC(=O)C=Cc3ccc(F)cc3)n2)cc1C. The summed E-state index contributed by atoms with van der Waals surface area (Å²) < 4.78 is 12.9. The van der Waals surface area contributed by atoms with Crippen molar-refractivity contribution in [2.24, 2.45) is 0 Å². The van der Waals surface area contributed by atoms with E-state index in [1.165, 1.54) is 40.7 Å². The summed E-state index contributed by atoms with van der Waals surface area (Å²) in [5.74, 6) is -0.574. The molecule has 0 unspecified atom stereocenters. The van der Waals surface area contributed by atoms with Crippen LogP contribution in [0.15, 0.2) is 47.9 Å². The Morgan fingerprint density at radius 2 is 1.77 bits per heavy atom. The number of nitrogens with zero attached hydrogens (tertiary/aromatic N) is 1. The van der Waals surface area contributed by atoms with Gasteiger partial charge in [-0.05, 0) is 67.3 Å². The highest BCUT2D eigenvalue weighted by Crippen LogP contribution is 2.29. The smallest absolute Gasteiger partial charge is 0.250 e. The number of aryl methyl sites for hydroxylation is 3. The van der Waals surface area contributed by atoms with Gasteiger partial charge in [-0.25, -0.2) is 9.37 Å². The largest absolute Gasteiger partial charge is 0.298 e. The number of thiazole rings is 1. The second-order valence-corrected chi connectivity index (χ2v) is 7.02. The number of nitrogens with one attached hydrogen (secondary N) is 1. The highest BCUT2D eigenvalue weighted by Gasteiger charge is 2.10. The minimum Gasteiger partial charge on any atom is -0.298 e. The number of carbonyl (C=O) groups excluding carboxylic acids is 1. The molecule has 26 heavy (non-hydrogen) atoms. The summed E-state index contributed by atoms with van der Waals surface area (Å²) >= 11 is 1.39. The van der Waals surface area contributed by atoms with Crippen molar-refractivity contribution >= 4 is 28.5 Å². The quantitative estimate of drug-likeness (QED) is 0.617. The predicted molar refractivity (Wildman–Crippen MR) is 106 cm³/mol. The third-order valence-electron chi connectivity index (χ3n) is 4.15. The van der Waals surface area contributed by atoms with Crippen LogP contribution < -0.4 is 5.32 Å². The van der Waals surface area contributed by atoms with E-state index in [1.807, 2.05) is 5.38 Å². The molecule has 1 N–H and O–H groups in total. The molecule has 0 fully saturated rings. The van der Waals surface area contributed by atoms with Crippen LogP contribution in [0.2, 0.25) is 0 Å². The average Bonchev–Trinajstić information content (AvgIpc) is 3.06. The van der Waals surface area contributed by atoms with Crippen LogP contribution in [0.25, 0.3) is 17.3 Å². The topological polar surface area (TPSA) is 42.0 Å². The Kier molecular flexibility index (Phi) is 5.28. The number of aromatic nitrogens is 1. The van der Waals surface area contributed by atoms with Gasteiger partial charge < -0.3 is 0 Å². The molecule has 1 aromatic heterocycles. The van der Waals surface area contributed by atoms with Gasteiger partial charge in [0.1, 0.15) is 5.82 Å². The molecule has 0 radical (unpaired) electrons. The zero-order chi connectivity index (χ0) is 18.7. The Balaban J connectivity index is 1.71. The third kappa shape index (κ3) is 4.24. The van der Waals surface area contributed by atoms with Crippen molar-refractivity contribution in [1.29, 1.82) is 0 Å². The van der Waals surface area contributed by atoms with Crippen LogP contribution >= 0.6 is 11.3 Å². The highest BCUT2D eigenvalue weighted by molar-refractivity contribution is 7.14. The van der Waals surface area contributed by atoms with E-state index >= 15 is 0 Å². The van der Waals surface area contributed by atoms with Crippen LogP contribution in [0.5, 0.6) is 0 Å². The molecule has 0 saturated carbocycles. The zero-order valence-corrected chi connectivity index (χ0v) is 15.7. The standard InChI is InChI=1S/C21H19FN2OS/c1-13-10-15(3)18(11-14(13)2)19-12-26-21(23-19)24-20(25)9-6-16-4-7-17(22)8-5-16/h4-12H,1-3H3,(H,23,24,25). The van der Waals surface area contributed by atoms with Gasteiger partial charge >= 0.3 is 0 Å². The summed E-state index contributed by atoms with van der Waals surface area (Å²) in [6.07, 6.45) is 3.05. The molecule has 0 aliphatic rings. The molecule has 3 aromatic rings. The van der Waals surface area contributed by atoms with Gasteiger partial charge in [0.15, 0.2) is 5.13 Å². The maximum atomic E-state index is 12.9. The molecule has 1 amide bonds. The van der Waals surface area contributed by atoms with Gasteiger partial charge in [0.05, 0.1) is 5.69 Å². The van der Waals surface area contributed by atoms with E-state index in [0.29, 0.717) is 5.13 Å². The normalized spacial score (nSPS) is 11.1. The third-order valence-corrected chi connectivity index (χ3v) is 4.91. The first-order valence-electron chi connectivity index (χ1n) is 8.21. The first-order chi connectivity index (χ1) is 12.4. The second kappa shape index (κ2) is 7.62. The minimum atomic E-state index is -0.302. The maximum Gasteiger partial charge on any atom is 0.250 e. The maximum absolute atomic E-state index is 12.9. The number of rotatable bonds is 4. The number of carbonyl (C=O) groups is 1. The van der Waals surface area contributed by atoms with Crippen LogP contribution in [-0.2, 0) is 4.79 Å². The van der Waals surface area contributed by atoms with Crippen LogP contribution in [0, 0.1) is 26.6 Å². The van der Waals surface area contributed by atoms with Crippen molar-refractivity contribution in [2.45, 2.75) is 20.8 Å². The van der Waals surface area contributed by atoms with Crippen molar-refractivity contribution < 1.29 is 9.18 Å². The summed E-state index contributed by atoms with van der Waals surface area (Å²) in [6.45, 7) is 6.23. The van der Waals surface area contributed by atoms with Crippen LogP contribution in [0.3, 0.4) is 0 Å². The van der Waals surface area contributed by atoms with E-state index in [9.17, 15) is 9.18 Å². The molecule has 132 valence electrons. The lowest BCUT2D eigenvalue weighted by molar-refractivity contribution is -0.111. The number of hydrogen-bond acceptors (Lipinski definition) is 3. The number of amides is 1. The molecule has 3 nitrogen and oxygen atoms in total. The monoisotopic (exact) mass is 366 g/mol. The Morgan fingerprint density at radius 3 is 2.50 bits per heavy atom. The van der Waals surface area contributed by atoms with Crippen molar-refractivity contribution in [1.82, 2.24) is 4.98 Å². The first-order valence-corrected chi connectivity index (χ1v) is 9.09. The molecule has 0 aliphatic heterocycles. The summed E-state index contributed by atoms with van der Waals surface area (Å²) in [5, 5.41) is 5.26. The fourth-order valence-electron chi connectivity index (χ4n) is 2.58. The molecule has 0 spiro atoms. The predicted octanol–water partition coefficient (Wildman–Crippen LogP) is 5.53. The van der Waals surface area contributed by atoms with E-state index in [2.05, 4.69) is 43.2 Å². The lowest BCUT2D eigenvalue weighted by Crippen LogP contribution is -2.07. The number of halogens is 1. The van der Waals surface area contributed by atoms with Gasteiger partial charge in [-0.15, -0.1) is 11.3 Å². The first kappa shape index (κ1) is 18.0. The number of anilines is 1. The van der Waals surface area contributed by atoms with Gasteiger partial charge in [0.25, 0.3) is 0 Å². The van der Waals surface area contributed by atoms with Gasteiger partial charge in [0, 0.05) is 17.0 Å². The summed E-state index contributed by atoms with van der Waals surface area (Å²) in [7, 11) is 0. The molecule has 1 heterocycles. The van der Waals surface area contributed by atoms with Gasteiger partial charge in [0.2, 0.25) is 5.91 Å². The van der Waals surface area contributed by atoms with Gasteiger partial charge in [-0.3, -0.25) is 10.1 Å². The Hall–Kier alpha value is -2.79. The van der Waals surface area contributed by atoms with E-state index in [0.717, 1.165) is 22.4 Å². The second-order valence-electron chi connectivity index (χ2n) is 6.16. The molecule has 0 aliphatic carbocycles. The Labute approximate surface area is 156 Å². The summed E-state index contributed by atoms with van der Waals surface area (Å²) in [4.78, 5) is 16.6. The number of benzene rings is 2. The van der Waals surface area contributed by atoms with Gasteiger partial charge in [-0.1, -0.05) is 18.2 Å². The zero-order valence-electron chi connectivity index (χ0n) is 14.8. The summed E-state index contributed by atoms with van der Waals surface area (Å²) in [5.41, 5.74) is 6.31. The fraction of sp³-hybridized carbons (Fsp3) is 0.143. The molecule has 0 bridgehead atoms. The van der Waals surface area contributed by atoms with Crippen LogP contribution in [0.1, 0.15) is 22.3 Å². The molecule has 5 heteroatoms.